The minimum atomic E-state index is -0.428. The van der Waals surface area contributed by atoms with E-state index in [4.69, 9.17) is 35.6 Å². The predicted molar refractivity (Wildman–Crippen MR) is 123 cm³/mol. The lowest BCUT2D eigenvalue weighted by Crippen LogP contribution is -2.33. The van der Waals surface area contributed by atoms with Crippen LogP contribution in [0.1, 0.15) is 35.4 Å². The standard InChI is InChI=1S/C25H23ClN2O4/c1-29-21-7-5-4-6-17(21)25-28-20(18-13-16(26)9-11-22(18)32-25)14-19(27-28)15-8-10-23(30-2)24(12-15)31-3/h4-13,20,25H,14H2,1-3H3/t20-,25-/m1/s1. The van der Waals surface area contributed by atoms with Gasteiger partial charge in [-0.15, -0.1) is 0 Å². The van der Waals surface area contributed by atoms with Crippen LogP contribution in [0.25, 0.3) is 0 Å². The number of nitrogens with zero attached hydrogens (tertiary/aromatic N) is 2. The van der Waals surface area contributed by atoms with Crippen LogP contribution >= 0.6 is 11.6 Å². The van der Waals surface area contributed by atoms with Gasteiger partial charge in [-0.1, -0.05) is 23.7 Å². The van der Waals surface area contributed by atoms with Crippen LogP contribution in [0, 0.1) is 0 Å². The molecule has 2 atom stereocenters. The lowest BCUT2D eigenvalue weighted by Gasteiger charge is -2.38. The molecule has 0 saturated carbocycles. The van der Waals surface area contributed by atoms with E-state index in [1.807, 2.05) is 65.7 Å². The molecule has 2 aliphatic heterocycles. The molecule has 7 heteroatoms. The summed E-state index contributed by atoms with van der Waals surface area (Å²) in [7, 11) is 4.92. The summed E-state index contributed by atoms with van der Waals surface area (Å²) in [4.78, 5) is 0. The zero-order chi connectivity index (χ0) is 22.2. The van der Waals surface area contributed by atoms with Crippen molar-refractivity contribution in [1.29, 1.82) is 0 Å². The lowest BCUT2D eigenvalue weighted by atomic mass is 9.95. The average Bonchev–Trinajstić information content (AvgIpc) is 3.29. The van der Waals surface area contributed by atoms with E-state index in [1.165, 1.54) is 0 Å². The molecule has 5 rings (SSSR count). The van der Waals surface area contributed by atoms with E-state index in [2.05, 4.69) is 0 Å². The molecular weight excluding hydrogens is 428 g/mol. The second-order valence-electron chi connectivity index (χ2n) is 7.61. The van der Waals surface area contributed by atoms with Gasteiger partial charge in [0.05, 0.1) is 38.6 Å². The Hall–Kier alpha value is -3.38. The molecule has 0 bridgehead atoms. The number of rotatable bonds is 5. The van der Waals surface area contributed by atoms with Crippen molar-refractivity contribution in [2.45, 2.75) is 18.7 Å². The van der Waals surface area contributed by atoms with Gasteiger partial charge < -0.3 is 18.9 Å². The highest BCUT2D eigenvalue weighted by Gasteiger charge is 2.42. The molecule has 0 saturated heterocycles. The fourth-order valence-electron chi connectivity index (χ4n) is 4.32. The van der Waals surface area contributed by atoms with Crippen LogP contribution in [-0.2, 0) is 0 Å². The van der Waals surface area contributed by atoms with Gasteiger partial charge in [0, 0.05) is 22.6 Å². The van der Waals surface area contributed by atoms with E-state index in [0.29, 0.717) is 22.9 Å². The Labute approximate surface area is 191 Å². The van der Waals surface area contributed by atoms with Crippen LogP contribution in [0.4, 0.5) is 0 Å². The fourth-order valence-corrected chi connectivity index (χ4v) is 4.50. The second kappa shape index (κ2) is 8.28. The summed E-state index contributed by atoms with van der Waals surface area (Å²) in [6.45, 7) is 0. The number of hydrogen-bond acceptors (Lipinski definition) is 6. The molecule has 0 aromatic heterocycles. The quantitative estimate of drug-likeness (QED) is 0.505. The minimum Gasteiger partial charge on any atom is -0.496 e. The molecule has 32 heavy (non-hydrogen) atoms. The van der Waals surface area contributed by atoms with E-state index >= 15 is 0 Å². The van der Waals surface area contributed by atoms with E-state index in [9.17, 15) is 0 Å². The smallest absolute Gasteiger partial charge is 0.217 e. The highest BCUT2D eigenvalue weighted by atomic mass is 35.5. The van der Waals surface area contributed by atoms with Gasteiger partial charge in [-0.05, 0) is 48.5 Å². The van der Waals surface area contributed by atoms with E-state index < -0.39 is 6.23 Å². The van der Waals surface area contributed by atoms with Crippen molar-refractivity contribution in [3.63, 3.8) is 0 Å². The maximum Gasteiger partial charge on any atom is 0.217 e. The fraction of sp³-hybridized carbons (Fsp3) is 0.240. The van der Waals surface area contributed by atoms with E-state index in [1.54, 1.807) is 21.3 Å². The Morgan fingerprint density at radius 3 is 2.44 bits per heavy atom. The van der Waals surface area contributed by atoms with Crippen molar-refractivity contribution in [2.75, 3.05) is 21.3 Å². The Bertz CT molecular complexity index is 1200. The number of benzene rings is 3. The molecule has 0 radical (unpaired) electrons. The van der Waals surface area contributed by atoms with Crippen LogP contribution in [-0.4, -0.2) is 32.0 Å². The maximum absolute atomic E-state index is 6.43. The average molecular weight is 451 g/mol. The molecular formula is C25H23ClN2O4. The first-order chi connectivity index (χ1) is 15.6. The molecule has 2 aliphatic rings. The van der Waals surface area contributed by atoms with Gasteiger partial charge in [0.1, 0.15) is 11.5 Å². The minimum absolute atomic E-state index is 0.0181. The van der Waals surface area contributed by atoms with Crippen LogP contribution < -0.4 is 18.9 Å². The Morgan fingerprint density at radius 1 is 0.875 bits per heavy atom. The van der Waals surface area contributed by atoms with Gasteiger partial charge in [-0.2, -0.15) is 5.10 Å². The van der Waals surface area contributed by atoms with Crippen LogP contribution in [0.15, 0.2) is 65.8 Å². The van der Waals surface area contributed by atoms with E-state index in [0.717, 1.165) is 33.9 Å². The topological polar surface area (TPSA) is 52.5 Å². The third kappa shape index (κ3) is 3.41. The number of methoxy groups -OCH3 is 3. The summed E-state index contributed by atoms with van der Waals surface area (Å²) in [5, 5.41) is 7.67. The monoisotopic (exact) mass is 450 g/mol. The molecule has 0 unspecified atom stereocenters. The summed E-state index contributed by atoms with van der Waals surface area (Å²) < 4.78 is 22.9. The highest BCUT2D eigenvalue weighted by molar-refractivity contribution is 6.30. The molecule has 0 N–H and O–H groups in total. The highest BCUT2D eigenvalue weighted by Crippen LogP contribution is 2.49. The van der Waals surface area contributed by atoms with Crippen molar-refractivity contribution in [1.82, 2.24) is 5.01 Å². The summed E-state index contributed by atoms with van der Waals surface area (Å²) in [6.07, 6.45) is 0.278. The van der Waals surface area contributed by atoms with E-state index in [-0.39, 0.29) is 6.04 Å². The van der Waals surface area contributed by atoms with Gasteiger partial charge >= 0.3 is 0 Å². The number of ether oxygens (including phenoxy) is 4. The van der Waals surface area contributed by atoms with Crippen molar-refractivity contribution in [2.24, 2.45) is 5.10 Å². The van der Waals surface area contributed by atoms with Crippen molar-refractivity contribution in [3.8, 4) is 23.0 Å². The summed E-state index contributed by atoms with van der Waals surface area (Å²) in [5.74, 6) is 2.90. The predicted octanol–water partition coefficient (Wildman–Crippen LogP) is 5.61. The molecule has 0 amide bonds. The Kier molecular flexibility index (Phi) is 5.31. The Balaban J connectivity index is 1.61. The number of hydrazone groups is 1. The molecule has 6 nitrogen and oxygen atoms in total. The van der Waals surface area contributed by atoms with Gasteiger partial charge in [-0.25, -0.2) is 5.01 Å². The van der Waals surface area contributed by atoms with Crippen molar-refractivity contribution < 1.29 is 18.9 Å². The largest absolute Gasteiger partial charge is 0.496 e. The number of halogens is 1. The number of para-hydroxylation sites is 1. The zero-order valence-electron chi connectivity index (χ0n) is 18.0. The lowest BCUT2D eigenvalue weighted by molar-refractivity contribution is -0.0203. The van der Waals surface area contributed by atoms with Gasteiger partial charge in [0.2, 0.25) is 6.23 Å². The van der Waals surface area contributed by atoms with Crippen LogP contribution in [0.3, 0.4) is 0 Å². The summed E-state index contributed by atoms with van der Waals surface area (Å²) in [5.41, 5.74) is 3.84. The summed E-state index contributed by atoms with van der Waals surface area (Å²) in [6, 6.07) is 19.4. The third-order valence-corrected chi connectivity index (χ3v) is 6.11. The molecule has 0 aliphatic carbocycles. The first-order valence-electron chi connectivity index (χ1n) is 10.3. The number of hydrogen-bond donors (Lipinski definition) is 0. The zero-order valence-corrected chi connectivity index (χ0v) is 18.8. The van der Waals surface area contributed by atoms with Crippen molar-refractivity contribution in [3.05, 3.63) is 82.4 Å². The van der Waals surface area contributed by atoms with Crippen molar-refractivity contribution >= 4 is 17.3 Å². The van der Waals surface area contributed by atoms with Gasteiger partial charge in [0.25, 0.3) is 0 Å². The number of fused-ring (bicyclic) bond motifs is 3. The SMILES string of the molecule is COc1ccc(C2=NN3[C@H](C2)c2cc(Cl)ccc2O[C@@H]3c2ccccc2OC)cc1OC. The first-order valence-corrected chi connectivity index (χ1v) is 10.7. The molecule has 3 aromatic rings. The third-order valence-electron chi connectivity index (χ3n) is 5.87. The second-order valence-corrected chi connectivity index (χ2v) is 8.05. The van der Waals surface area contributed by atoms with Crippen LogP contribution in [0.5, 0.6) is 23.0 Å². The molecule has 0 fully saturated rings. The normalized spacial score (nSPS) is 18.9. The maximum atomic E-state index is 6.43. The van der Waals surface area contributed by atoms with Gasteiger partial charge in [0.15, 0.2) is 11.5 Å². The Morgan fingerprint density at radius 2 is 1.66 bits per heavy atom. The summed E-state index contributed by atoms with van der Waals surface area (Å²) >= 11 is 6.33. The van der Waals surface area contributed by atoms with Gasteiger partial charge in [-0.3, -0.25) is 0 Å². The van der Waals surface area contributed by atoms with Crippen LogP contribution in [0.2, 0.25) is 5.02 Å². The first kappa shape index (κ1) is 20.5. The molecule has 0 spiro atoms. The molecule has 164 valence electrons. The molecule has 2 heterocycles. The molecule has 3 aromatic carbocycles.